The third kappa shape index (κ3) is 4.15. The van der Waals surface area contributed by atoms with Gasteiger partial charge in [0.05, 0.1) is 27.0 Å². The van der Waals surface area contributed by atoms with E-state index < -0.39 is 0 Å². The summed E-state index contributed by atoms with van der Waals surface area (Å²) in [5, 5.41) is 4.28. The lowest BCUT2D eigenvalue weighted by atomic mass is 10.1. The van der Waals surface area contributed by atoms with E-state index in [-0.39, 0.29) is 11.8 Å². The minimum Gasteiger partial charge on any atom is -0.493 e. The Balaban J connectivity index is 1.60. The fourth-order valence-electron chi connectivity index (χ4n) is 4.35. The number of aryl methyl sites for hydroxylation is 2. The third-order valence-electron chi connectivity index (χ3n) is 6.12. The highest BCUT2D eigenvalue weighted by atomic mass is 16.5. The zero-order chi connectivity index (χ0) is 27.0. The average molecular weight is 512 g/mol. The molecule has 0 saturated heterocycles. The summed E-state index contributed by atoms with van der Waals surface area (Å²) >= 11 is 0. The first-order valence-corrected chi connectivity index (χ1v) is 11.7. The first-order chi connectivity index (χ1) is 18.4. The normalized spacial score (nSPS) is 11.0. The van der Waals surface area contributed by atoms with E-state index >= 15 is 0 Å². The van der Waals surface area contributed by atoms with Crippen molar-refractivity contribution in [3.05, 3.63) is 83.3 Å². The molecule has 2 aromatic carbocycles. The molecule has 0 aliphatic carbocycles. The Kier molecular flexibility index (Phi) is 6.38. The number of fused-ring (bicyclic) bond motifs is 1. The quantitative estimate of drug-likeness (QED) is 0.332. The van der Waals surface area contributed by atoms with Gasteiger partial charge in [-0.3, -0.25) is 9.59 Å². The molecule has 0 radical (unpaired) electrons. The number of methoxy groups -OCH3 is 3. The lowest BCUT2D eigenvalue weighted by Crippen LogP contribution is -2.16. The lowest BCUT2D eigenvalue weighted by Gasteiger charge is -2.14. The Morgan fingerprint density at radius 1 is 0.816 bits per heavy atom. The van der Waals surface area contributed by atoms with E-state index in [0.29, 0.717) is 50.9 Å². The maximum absolute atomic E-state index is 13.9. The topological polar surface area (TPSA) is 110 Å². The van der Waals surface area contributed by atoms with Crippen LogP contribution in [0.25, 0.3) is 22.6 Å². The van der Waals surface area contributed by atoms with Crippen LogP contribution in [0.1, 0.15) is 32.1 Å². The van der Waals surface area contributed by atoms with Crippen LogP contribution in [-0.4, -0.2) is 57.5 Å². The maximum Gasteiger partial charge on any atom is 0.278 e. The van der Waals surface area contributed by atoms with Gasteiger partial charge < -0.3 is 14.2 Å². The second kappa shape index (κ2) is 9.81. The number of benzene rings is 2. The summed E-state index contributed by atoms with van der Waals surface area (Å²) in [6.45, 7) is 3.67. The molecule has 5 rings (SSSR count). The molecule has 0 aliphatic rings. The van der Waals surface area contributed by atoms with Gasteiger partial charge in [-0.15, -0.1) is 0 Å². The molecule has 0 spiro atoms. The van der Waals surface area contributed by atoms with Crippen molar-refractivity contribution in [2.24, 2.45) is 0 Å². The average Bonchev–Trinajstić information content (AvgIpc) is 3.50. The van der Waals surface area contributed by atoms with Crippen LogP contribution in [0, 0.1) is 13.8 Å². The molecule has 0 bridgehead atoms. The highest BCUT2D eigenvalue weighted by molar-refractivity contribution is 6.04. The summed E-state index contributed by atoms with van der Waals surface area (Å²) < 4.78 is 19.1. The summed E-state index contributed by atoms with van der Waals surface area (Å²) in [6.07, 6.45) is 1.60. The molecule has 0 N–H and O–H groups in total. The Bertz CT molecular complexity index is 1660. The molecule has 0 saturated carbocycles. The predicted octanol–water partition coefficient (Wildman–Crippen LogP) is 4.31. The molecule has 3 heterocycles. The number of hydrogen-bond donors (Lipinski definition) is 0. The van der Waals surface area contributed by atoms with E-state index in [1.165, 1.54) is 30.6 Å². The first-order valence-electron chi connectivity index (χ1n) is 11.7. The van der Waals surface area contributed by atoms with Gasteiger partial charge in [0.2, 0.25) is 5.75 Å². The van der Waals surface area contributed by atoms with Crippen LogP contribution >= 0.6 is 0 Å². The fraction of sp³-hybridized carbons (Fsp3) is 0.179. The van der Waals surface area contributed by atoms with Crippen molar-refractivity contribution >= 4 is 23.0 Å². The van der Waals surface area contributed by atoms with E-state index in [4.69, 9.17) is 14.2 Å². The highest BCUT2D eigenvalue weighted by Gasteiger charge is 2.24. The van der Waals surface area contributed by atoms with Gasteiger partial charge in [-0.1, -0.05) is 12.1 Å². The minimum atomic E-state index is -0.386. The van der Waals surface area contributed by atoms with Gasteiger partial charge in [0.15, 0.2) is 17.1 Å². The molecule has 10 heteroatoms. The molecule has 0 fully saturated rings. The van der Waals surface area contributed by atoms with Crippen LogP contribution in [0.4, 0.5) is 0 Å². The molecule has 0 amide bonds. The van der Waals surface area contributed by atoms with Gasteiger partial charge in [-0.2, -0.15) is 5.10 Å². The van der Waals surface area contributed by atoms with Crippen molar-refractivity contribution in [3.63, 3.8) is 0 Å². The van der Waals surface area contributed by atoms with Gasteiger partial charge in [0.25, 0.3) is 11.8 Å². The Morgan fingerprint density at radius 3 is 2.08 bits per heavy atom. The SMILES string of the molecule is COc1cc(C(=O)n2c(-c3ccc(C(=O)n4nc(C)cc4C)cc3)nc3cccnc32)cc(OC)c1OC. The summed E-state index contributed by atoms with van der Waals surface area (Å²) in [6, 6.07) is 15.4. The monoisotopic (exact) mass is 511 g/mol. The predicted molar refractivity (Wildman–Crippen MR) is 140 cm³/mol. The second-order valence-electron chi connectivity index (χ2n) is 8.56. The number of pyridine rings is 1. The molecule has 0 aliphatic heterocycles. The number of carbonyl (C=O) groups is 2. The van der Waals surface area contributed by atoms with Crippen molar-refractivity contribution in [1.29, 1.82) is 0 Å². The van der Waals surface area contributed by atoms with Gasteiger partial charge in [0, 0.05) is 28.6 Å². The van der Waals surface area contributed by atoms with E-state index in [1.807, 2.05) is 19.9 Å². The molecule has 38 heavy (non-hydrogen) atoms. The van der Waals surface area contributed by atoms with E-state index in [1.54, 1.807) is 54.7 Å². The first kappa shape index (κ1) is 24.7. The number of hydrogen-bond acceptors (Lipinski definition) is 8. The Labute approximate surface area is 218 Å². The molecule has 10 nitrogen and oxygen atoms in total. The third-order valence-corrected chi connectivity index (χ3v) is 6.12. The van der Waals surface area contributed by atoms with Crippen LogP contribution < -0.4 is 14.2 Å². The number of ether oxygens (including phenoxy) is 3. The van der Waals surface area contributed by atoms with E-state index in [0.717, 1.165) is 11.4 Å². The van der Waals surface area contributed by atoms with Gasteiger partial charge in [-0.05, 0) is 56.3 Å². The zero-order valence-corrected chi connectivity index (χ0v) is 21.6. The van der Waals surface area contributed by atoms with Crippen LogP contribution in [-0.2, 0) is 0 Å². The fourth-order valence-corrected chi connectivity index (χ4v) is 4.35. The summed E-state index contributed by atoms with van der Waals surface area (Å²) in [7, 11) is 4.47. The summed E-state index contributed by atoms with van der Waals surface area (Å²) in [5.41, 5.74) is 3.84. The van der Waals surface area contributed by atoms with Crippen LogP contribution in [0.15, 0.2) is 60.8 Å². The molecular weight excluding hydrogens is 486 g/mol. The number of imidazole rings is 1. The van der Waals surface area contributed by atoms with Gasteiger partial charge in [0.1, 0.15) is 11.3 Å². The number of carbonyl (C=O) groups excluding carboxylic acids is 2. The van der Waals surface area contributed by atoms with Crippen LogP contribution in [0.2, 0.25) is 0 Å². The minimum absolute atomic E-state index is 0.245. The van der Waals surface area contributed by atoms with Gasteiger partial charge >= 0.3 is 0 Å². The van der Waals surface area contributed by atoms with E-state index in [9.17, 15) is 9.59 Å². The number of nitrogens with zero attached hydrogens (tertiary/aromatic N) is 5. The maximum atomic E-state index is 13.9. The zero-order valence-electron chi connectivity index (χ0n) is 21.6. The van der Waals surface area contributed by atoms with Crippen molar-refractivity contribution < 1.29 is 23.8 Å². The Hall–Kier alpha value is -4.99. The Morgan fingerprint density at radius 2 is 1.50 bits per heavy atom. The molecule has 3 aromatic heterocycles. The van der Waals surface area contributed by atoms with E-state index in [2.05, 4.69) is 15.1 Å². The summed E-state index contributed by atoms with van der Waals surface area (Å²) in [4.78, 5) is 36.0. The molecule has 0 atom stereocenters. The van der Waals surface area contributed by atoms with Gasteiger partial charge in [-0.25, -0.2) is 19.2 Å². The van der Waals surface area contributed by atoms with Crippen molar-refractivity contribution in [2.75, 3.05) is 21.3 Å². The molecule has 5 aromatic rings. The molecule has 192 valence electrons. The highest BCUT2D eigenvalue weighted by Crippen LogP contribution is 2.39. The van der Waals surface area contributed by atoms with Crippen LogP contribution in [0.5, 0.6) is 17.2 Å². The van der Waals surface area contributed by atoms with Crippen molar-refractivity contribution in [2.45, 2.75) is 13.8 Å². The molecular formula is C28H25N5O5. The summed E-state index contributed by atoms with van der Waals surface area (Å²) in [5.74, 6) is 0.821. The smallest absolute Gasteiger partial charge is 0.278 e. The standard InChI is InChI=1S/C28H25N5O5/c1-16-13-17(2)33(31-16)28(35)19-10-8-18(9-11-19)25-30-21-7-6-12-29-26(21)32(25)27(34)20-14-22(36-3)24(38-5)23(15-20)37-4/h6-15H,1-5H3. The molecule has 0 unspecified atom stereocenters. The van der Waals surface area contributed by atoms with Crippen molar-refractivity contribution in [3.8, 4) is 28.6 Å². The number of aromatic nitrogens is 5. The number of rotatable bonds is 6. The van der Waals surface area contributed by atoms with Crippen LogP contribution in [0.3, 0.4) is 0 Å². The largest absolute Gasteiger partial charge is 0.493 e. The van der Waals surface area contributed by atoms with Crippen molar-refractivity contribution in [1.82, 2.24) is 24.3 Å². The lowest BCUT2D eigenvalue weighted by molar-refractivity contribution is 0.0939. The second-order valence-corrected chi connectivity index (χ2v) is 8.56.